The van der Waals surface area contributed by atoms with Crippen LogP contribution in [0, 0.1) is 11.3 Å². The van der Waals surface area contributed by atoms with Gasteiger partial charge in [0.1, 0.15) is 5.78 Å². The van der Waals surface area contributed by atoms with Gasteiger partial charge >= 0.3 is 0 Å². The number of carbonyl (C=O) groups is 1. The smallest absolute Gasteiger partial charge is 0.134 e. The number of carbonyl (C=O) groups excluding carboxylic acids is 1. The topological polar surface area (TPSA) is 17.1 Å². The molecule has 1 heteroatoms. The number of allylic oxidation sites excluding steroid dienone is 1. The highest BCUT2D eigenvalue weighted by Crippen LogP contribution is 2.48. The average molecular weight is 290 g/mol. The van der Waals surface area contributed by atoms with E-state index in [2.05, 4.69) is 68.5 Å². The molecule has 1 saturated carbocycles. The van der Waals surface area contributed by atoms with Crippen molar-refractivity contribution in [3.63, 3.8) is 0 Å². The average Bonchev–Trinajstić information content (AvgIpc) is 2.79. The van der Waals surface area contributed by atoms with Crippen molar-refractivity contribution in [2.75, 3.05) is 0 Å². The summed E-state index contributed by atoms with van der Waals surface area (Å²) < 4.78 is 0. The summed E-state index contributed by atoms with van der Waals surface area (Å²) in [5, 5.41) is 0. The lowest BCUT2D eigenvalue weighted by Crippen LogP contribution is -2.18. The van der Waals surface area contributed by atoms with Crippen LogP contribution in [0.3, 0.4) is 0 Å². The maximum absolute atomic E-state index is 12.0. The van der Waals surface area contributed by atoms with E-state index in [0.29, 0.717) is 18.6 Å². The van der Waals surface area contributed by atoms with Crippen LogP contribution in [-0.2, 0) is 4.79 Å². The lowest BCUT2D eigenvalue weighted by atomic mass is 9.75. The number of Topliss-reactive ketones (excluding diaryl/α,β-unsaturated/α-hetero) is 1. The van der Waals surface area contributed by atoms with Gasteiger partial charge in [0, 0.05) is 12.8 Å². The fraction of sp³-hybridized carbons (Fsp3) is 0.286. The molecule has 0 bridgehead atoms. The first-order valence-corrected chi connectivity index (χ1v) is 7.90. The van der Waals surface area contributed by atoms with Crippen molar-refractivity contribution in [3.8, 4) is 0 Å². The van der Waals surface area contributed by atoms with Crippen molar-refractivity contribution < 1.29 is 4.79 Å². The quantitative estimate of drug-likeness (QED) is 0.707. The van der Waals surface area contributed by atoms with Crippen molar-refractivity contribution in [1.82, 2.24) is 0 Å². The lowest BCUT2D eigenvalue weighted by molar-refractivity contribution is -0.117. The number of hydrogen-bond acceptors (Lipinski definition) is 1. The molecule has 0 amide bonds. The maximum Gasteiger partial charge on any atom is 0.134 e. The standard InChI is InChI=1S/C21H22O/c1-21(2)15-18(22)14-20(21)19(17-11-7-4-8-12-17)13-16-9-5-3-6-10-16/h3-13,20H,14-15H2,1-2H3/b19-13+/t20-/m0/s1. The van der Waals surface area contributed by atoms with E-state index in [-0.39, 0.29) is 11.3 Å². The van der Waals surface area contributed by atoms with Crippen molar-refractivity contribution in [3.05, 3.63) is 71.8 Å². The predicted molar refractivity (Wildman–Crippen MR) is 92.3 cm³/mol. The molecule has 0 N–H and O–H groups in total. The Kier molecular flexibility index (Phi) is 3.98. The molecule has 1 aliphatic carbocycles. The van der Waals surface area contributed by atoms with E-state index in [1.54, 1.807) is 0 Å². The van der Waals surface area contributed by atoms with Crippen LogP contribution in [0.4, 0.5) is 0 Å². The number of hydrogen-bond donors (Lipinski definition) is 0. The minimum absolute atomic E-state index is 0.0214. The molecule has 1 atom stereocenters. The fourth-order valence-corrected chi connectivity index (χ4v) is 3.48. The maximum atomic E-state index is 12.0. The molecule has 0 aromatic heterocycles. The summed E-state index contributed by atoms with van der Waals surface area (Å²) in [4.78, 5) is 12.0. The van der Waals surface area contributed by atoms with Gasteiger partial charge < -0.3 is 0 Å². The van der Waals surface area contributed by atoms with E-state index in [9.17, 15) is 4.79 Å². The first-order valence-electron chi connectivity index (χ1n) is 7.90. The number of benzene rings is 2. The van der Waals surface area contributed by atoms with Crippen LogP contribution in [-0.4, -0.2) is 5.78 Å². The zero-order valence-electron chi connectivity index (χ0n) is 13.3. The van der Waals surface area contributed by atoms with Gasteiger partial charge in [-0.1, -0.05) is 80.6 Å². The molecule has 0 saturated heterocycles. The van der Waals surface area contributed by atoms with E-state index >= 15 is 0 Å². The van der Waals surface area contributed by atoms with Crippen LogP contribution in [0.2, 0.25) is 0 Å². The molecule has 112 valence electrons. The lowest BCUT2D eigenvalue weighted by Gasteiger charge is -2.29. The van der Waals surface area contributed by atoms with E-state index < -0.39 is 0 Å². The second-order valence-corrected chi connectivity index (χ2v) is 6.84. The first kappa shape index (κ1) is 14.8. The zero-order valence-corrected chi connectivity index (χ0v) is 13.3. The molecule has 1 fully saturated rings. The summed E-state index contributed by atoms with van der Waals surface area (Å²) in [5.74, 6) is 0.660. The highest BCUT2D eigenvalue weighted by Gasteiger charge is 2.41. The van der Waals surface area contributed by atoms with Gasteiger partial charge in [-0.2, -0.15) is 0 Å². The Hall–Kier alpha value is -2.15. The summed E-state index contributed by atoms with van der Waals surface area (Å²) in [5.41, 5.74) is 3.71. The van der Waals surface area contributed by atoms with E-state index in [4.69, 9.17) is 0 Å². The summed E-state index contributed by atoms with van der Waals surface area (Å²) >= 11 is 0. The minimum atomic E-state index is 0.0214. The van der Waals surface area contributed by atoms with Crippen LogP contribution in [0.1, 0.15) is 37.8 Å². The molecule has 0 radical (unpaired) electrons. The Morgan fingerprint density at radius 1 is 1.00 bits per heavy atom. The normalized spacial score (nSPS) is 21.1. The van der Waals surface area contributed by atoms with Crippen LogP contribution in [0.25, 0.3) is 11.6 Å². The number of rotatable bonds is 3. The molecule has 1 aliphatic rings. The molecule has 2 aromatic carbocycles. The second kappa shape index (κ2) is 5.92. The summed E-state index contributed by atoms with van der Waals surface area (Å²) in [6.07, 6.45) is 3.58. The molecular formula is C21H22O. The van der Waals surface area contributed by atoms with Crippen LogP contribution >= 0.6 is 0 Å². The third-order valence-corrected chi connectivity index (χ3v) is 4.63. The SMILES string of the molecule is CC1(C)CC(=O)C[C@H]1/C(=C/c1ccccc1)c1ccccc1. The Bertz CT molecular complexity index is 680. The first-order chi connectivity index (χ1) is 10.6. The van der Waals surface area contributed by atoms with Gasteiger partial charge in [0.25, 0.3) is 0 Å². The monoisotopic (exact) mass is 290 g/mol. The van der Waals surface area contributed by atoms with E-state index in [1.807, 2.05) is 12.1 Å². The zero-order chi connectivity index (χ0) is 15.6. The molecule has 1 nitrogen and oxygen atoms in total. The molecule has 0 spiro atoms. The van der Waals surface area contributed by atoms with Crippen molar-refractivity contribution in [2.45, 2.75) is 26.7 Å². The van der Waals surface area contributed by atoms with E-state index in [0.717, 1.165) is 0 Å². The van der Waals surface area contributed by atoms with E-state index in [1.165, 1.54) is 16.7 Å². The van der Waals surface area contributed by atoms with Gasteiger partial charge in [0.05, 0.1) is 0 Å². The summed E-state index contributed by atoms with van der Waals surface area (Å²) in [7, 11) is 0. The Balaban J connectivity index is 2.08. The third-order valence-electron chi connectivity index (χ3n) is 4.63. The highest BCUT2D eigenvalue weighted by atomic mass is 16.1. The molecular weight excluding hydrogens is 268 g/mol. The Labute approximate surface area is 132 Å². The minimum Gasteiger partial charge on any atom is -0.300 e. The third kappa shape index (κ3) is 3.04. The van der Waals surface area contributed by atoms with Crippen LogP contribution in [0.15, 0.2) is 60.7 Å². The summed E-state index contributed by atoms with van der Waals surface area (Å²) in [6.45, 7) is 4.43. The highest BCUT2D eigenvalue weighted by molar-refractivity contribution is 5.90. The molecule has 2 aromatic rings. The van der Waals surface area contributed by atoms with Crippen LogP contribution < -0.4 is 0 Å². The largest absolute Gasteiger partial charge is 0.300 e. The predicted octanol–water partition coefficient (Wildman–Crippen LogP) is 5.23. The van der Waals surface area contributed by atoms with Gasteiger partial charge in [-0.05, 0) is 28.0 Å². The fourth-order valence-electron chi connectivity index (χ4n) is 3.48. The van der Waals surface area contributed by atoms with Gasteiger partial charge in [-0.15, -0.1) is 0 Å². The molecule has 3 rings (SSSR count). The summed E-state index contributed by atoms with van der Waals surface area (Å²) in [6, 6.07) is 20.8. The van der Waals surface area contributed by atoms with Crippen molar-refractivity contribution in [2.24, 2.45) is 11.3 Å². The second-order valence-electron chi connectivity index (χ2n) is 6.84. The number of ketones is 1. The van der Waals surface area contributed by atoms with Crippen LogP contribution in [0.5, 0.6) is 0 Å². The Morgan fingerprint density at radius 3 is 2.14 bits per heavy atom. The Morgan fingerprint density at radius 2 is 1.59 bits per heavy atom. The van der Waals surface area contributed by atoms with Gasteiger partial charge in [0.15, 0.2) is 0 Å². The molecule has 0 aliphatic heterocycles. The van der Waals surface area contributed by atoms with Crippen molar-refractivity contribution >= 4 is 17.4 Å². The van der Waals surface area contributed by atoms with Crippen molar-refractivity contribution in [1.29, 1.82) is 0 Å². The van der Waals surface area contributed by atoms with Gasteiger partial charge in [-0.3, -0.25) is 4.79 Å². The van der Waals surface area contributed by atoms with Gasteiger partial charge in [0.2, 0.25) is 0 Å². The molecule has 0 heterocycles. The molecule has 22 heavy (non-hydrogen) atoms. The van der Waals surface area contributed by atoms with Gasteiger partial charge in [-0.25, -0.2) is 0 Å². The molecule has 0 unspecified atom stereocenters.